The number of carbonyl (C=O) groups is 1. The molecule has 0 aliphatic rings. The molecule has 0 spiro atoms. The zero-order valence-electron chi connectivity index (χ0n) is 11.3. The Labute approximate surface area is 127 Å². The van der Waals surface area contributed by atoms with Gasteiger partial charge in [0.25, 0.3) is 0 Å². The fourth-order valence-electron chi connectivity index (χ4n) is 1.58. The zero-order valence-corrected chi connectivity index (χ0v) is 12.9. The summed E-state index contributed by atoms with van der Waals surface area (Å²) in [6.07, 6.45) is 0.00467. The lowest BCUT2D eigenvalue weighted by Gasteiger charge is -2.19. The molecule has 0 radical (unpaired) electrons. The molecule has 21 heavy (non-hydrogen) atoms. The third kappa shape index (κ3) is 4.02. The number of nitriles is 2. The molecule has 0 aliphatic carbocycles. The quantitative estimate of drug-likeness (QED) is 0.699. The van der Waals surface area contributed by atoms with Crippen LogP contribution in [0.3, 0.4) is 0 Å². The Kier molecular flexibility index (Phi) is 6.31. The van der Waals surface area contributed by atoms with Gasteiger partial charge in [-0.05, 0) is 11.4 Å². The number of sulfonamides is 1. The van der Waals surface area contributed by atoms with Crippen LogP contribution in [0.4, 0.5) is 0 Å². The van der Waals surface area contributed by atoms with Crippen molar-refractivity contribution in [2.75, 3.05) is 20.2 Å². The van der Waals surface area contributed by atoms with E-state index in [4.69, 9.17) is 10.5 Å². The van der Waals surface area contributed by atoms with Gasteiger partial charge in [0.1, 0.15) is 9.77 Å². The summed E-state index contributed by atoms with van der Waals surface area (Å²) in [7, 11) is -2.78. The van der Waals surface area contributed by atoms with Gasteiger partial charge in [-0.25, -0.2) is 13.2 Å². The maximum Gasteiger partial charge on any atom is 0.349 e. The number of hydrogen-bond acceptors (Lipinski definition) is 7. The SMILES string of the molecule is COC(=O)c1sccc1S(=O)(=O)N(CCC#N)CCC#N. The Morgan fingerprint density at radius 1 is 1.33 bits per heavy atom. The molecule has 0 unspecified atom stereocenters. The molecule has 1 heterocycles. The Hall–Kier alpha value is -1.94. The van der Waals surface area contributed by atoms with E-state index in [-0.39, 0.29) is 35.7 Å². The highest BCUT2D eigenvalue weighted by Crippen LogP contribution is 2.26. The van der Waals surface area contributed by atoms with Gasteiger partial charge < -0.3 is 4.74 Å². The normalized spacial score (nSPS) is 10.9. The summed E-state index contributed by atoms with van der Waals surface area (Å²) in [4.78, 5) is 11.4. The van der Waals surface area contributed by atoms with Crippen LogP contribution in [0.1, 0.15) is 22.5 Å². The maximum atomic E-state index is 12.6. The van der Waals surface area contributed by atoms with Crippen LogP contribution < -0.4 is 0 Å². The molecule has 0 N–H and O–H groups in total. The lowest BCUT2D eigenvalue weighted by Crippen LogP contribution is -2.33. The first-order valence-electron chi connectivity index (χ1n) is 5.89. The van der Waals surface area contributed by atoms with Gasteiger partial charge in [-0.3, -0.25) is 0 Å². The highest BCUT2D eigenvalue weighted by Gasteiger charge is 2.30. The minimum atomic E-state index is -3.95. The van der Waals surface area contributed by atoms with Crippen molar-refractivity contribution in [3.05, 3.63) is 16.3 Å². The first-order chi connectivity index (χ1) is 9.98. The average Bonchev–Trinajstić information content (AvgIpc) is 2.96. The van der Waals surface area contributed by atoms with Gasteiger partial charge in [-0.15, -0.1) is 11.3 Å². The van der Waals surface area contributed by atoms with Gasteiger partial charge in [0.05, 0.1) is 19.2 Å². The fraction of sp³-hybridized carbons (Fsp3) is 0.417. The van der Waals surface area contributed by atoms with Gasteiger partial charge in [-0.1, -0.05) is 0 Å². The number of rotatable bonds is 7. The van der Waals surface area contributed by atoms with E-state index >= 15 is 0 Å². The summed E-state index contributed by atoms with van der Waals surface area (Å²) >= 11 is 0.964. The number of hydrogen-bond donors (Lipinski definition) is 0. The summed E-state index contributed by atoms with van der Waals surface area (Å²) in [5.74, 6) is -0.732. The minimum absolute atomic E-state index is 0.00233. The Morgan fingerprint density at radius 2 is 1.90 bits per heavy atom. The lowest BCUT2D eigenvalue weighted by molar-refractivity contribution is 0.0602. The Bertz CT molecular complexity index is 664. The summed E-state index contributed by atoms with van der Waals surface area (Å²) in [5, 5.41) is 18.7. The van der Waals surface area contributed by atoms with E-state index in [1.807, 2.05) is 12.1 Å². The van der Waals surface area contributed by atoms with Crippen molar-refractivity contribution in [3.63, 3.8) is 0 Å². The van der Waals surface area contributed by atoms with Crippen molar-refractivity contribution >= 4 is 27.3 Å². The largest absolute Gasteiger partial charge is 0.465 e. The van der Waals surface area contributed by atoms with Crippen LogP contribution in [0.5, 0.6) is 0 Å². The van der Waals surface area contributed by atoms with Gasteiger partial charge in [0.2, 0.25) is 10.0 Å². The van der Waals surface area contributed by atoms with Crippen LogP contribution in [0.15, 0.2) is 16.3 Å². The molecule has 1 rings (SSSR count). The Morgan fingerprint density at radius 3 is 2.38 bits per heavy atom. The summed E-state index contributed by atoms with van der Waals surface area (Å²) < 4.78 is 30.7. The molecule has 0 saturated carbocycles. The van der Waals surface area contributed by atoms with Gasteiger partial charge in [0.15, 0.2) is 0 Å². The van der Waals surface area contributed by atoms with E-state index in [0.717, 1.165) is 15.6 Å². The maximum absolute atomic E-state index is 12.6. The van der Waals surface area contributed by atoms with Crippen LogP contribution in [0.25, 0.3) is 0 Å². The van der Waals surface area contributed by atoms with Crippen molar-refractivity contribution in [2.45, 2.75) is 17.7 Å². The van der Waals surface area contributed by atoms with E-state index < -0.39 is 16.0 Å². The van der Waals surface area contributed by atoms with E-state index in [2.05, 4.69) is 4.74 Å². The third-order valence-corrected chi connectivity index (χ3v) is 5.53. The van der Waals surface area contributed by atoms with Crippen LogP contribution >= 0.6 is 11.3 Å². The summed E-state index contributed by atoms with van der Waals surface area (Å²) in [5.41, 5.74) is 0. The molecular formula is C12H13N3O4S2. The van der Waals surface area contributed by atoms with Gasteiger partial charge in [0, 0.05) is 25.9 Å². The zero-order chi connectivity index (χ0) is 15.9. The molecule has 112 valence electrons. The molecule has 0 aliphatic heterocycles. The predicted molar refractivity (Wildman–Crippen MR) is 74.9 cm³/mol. The molecule has 7 nitrogen and oxygen atoms in total. The van der Waals surface area contributed by atoms with Crippen LogP contribution in [-0.4, -0.2) is 38.9 Å². The van der Waals surface area contributed by atoms with Gasteiger partial charge >= 0.3 is 5.97 Å². The molecule has 0 fully saturated rings. The second kappa shape index (κ2) is 7.74. The second-order valence-corrected chi connectivity index (χ2v) is 6.65. The summed E-state index contributed by atoms with van der Waals surface area (Å²) in [6, 6.07) is 5.04. The van der Waals surface area contributed by atoms with E-state index in [9.17, 15) is 13.2 Å². The number of ether oxygens (including phenoxy) is 1. The molecular weight excluding hydrogens is 314 g/mol. The lowest BCUT2D eigenvalue weighted by atomic mass is 10.4. The smallest absolute Gasteiger partial charge is 0.349 e. The van der Waals surface area contributed by atoms with Crippen molar-refractivity contribution in [1.82, 2.24) is 4.31 Å². The van der Waals surface area contributed by atoms with E-state index in [1.54, 1.807) is 0 Å². The van der Waals surface area contributed by atoms with Crippen molar-refractivity contribution in [2.24, 2.45) is 0 Å². The number of carbonyl (C=O) groups excluding carboxylic acids is 1. The number of nitrogens with zero attached hydrogens (tertiary/aromatic N) is 3. The molecule has 1 aromatic rings. The predicted octanol–water partition coefficient (Wildman–Crippen LogP) is 1.35. The van der Waals surface area contributed by atoms with Crippen LogP contribution in [-0.2, 0) is 14.8 Å². The number of methoxy groups -OCH3 is 1. The minimum Gasteiger partial charge on any atom is -0.465 e. The molecule has 0 aromatic carbocycles. The molecule has 0 atom stereocenters. The highest BCUT2D eigenvalue weighted by molar-refractivity contribution is 7.89. The van der Waals surface area contributed by atoms with Crippen molar-refractivity contribution < 1.29 is 17.9 Å². The number of thiophene rings is 1. The second-order valence-electron chi connectivity index (χ2n) is 3.83. The molecule has 9 heteroatoms. The van der Waals surface area contributed by atoms with Crippen LogP contribution in [0.2, 0.25) is 0 Å². The van der Waals surface area contributed by atoms with Crippen molar-refractivity contribution in [1.29, 1.82) is 10.5 Å². The van der Waals surface area contributed by atoms with E-state index in [0.29, 0.717) is 0 Å². The third-order valence-electron chi connectivity index (χ3n) is 2.56. The standard InChI is InChI=1S/C12H13N3O4S2/c1-19-12(16)11-10(4-9-20-11)21(17,18)15(7-2-5-13)8-3-6-14/h4,9H,2-3,7-8H2,1H3. The molecule has 0 bridgehead atoms. The fourth-order valence-corrected chi connectivity index (χ4v) is 4.33. The summed E-state index contributed by atoms with van der Waals surface area (Å²) in [6.45, 7) is -0.0616. The van der Waals surface area contributed by atoms with Crippen LogP contribution in [0, 0.1) is 22.7 Å². The van der Waals surface area contributed by atoms with Crippen molar-refractivity contribution in [3.8, 4) is 12.1 Å². The Balaban J connectivity index is 3.17. The monoisotopic (exact) mass is 327 g/mol. The van der Waals surface area contributed by atoms with Gasteiger partial charge in [-0.2, -0.15) is 14.8 Å². The molecule has 0 amide bonds. The first kappa shape index (κ1) is 17.1. The van der Waals surface area contributed by atoms with E-state index in [1.165, 1.54) is 18.6 Å². The first-order valence-corrected chi connectivity index (χ1v) is 8.20. The topological polar surface area (TPSA) is 111 Å². The number of esters is 1. The molecule has 0 saturated heterocycles. The average molecular weight is 327 g/mol. The highest BCUT2D eigenvalue weighted by atomic mass is 32.2. The molecule has 1 aromatic heterocycles.